The largest absolute Gasteiger partial charge is 0.350 e. The van der Waals surface area contributed by atoms with Crippen molar-refractivity contribution in [2.24, 2.45) is 5.73 Å². The molecule has 1 aromatic carbocycles. The summed E-state index contributed by atoms with van der Waals surface area (Å²) in [4.78, 5) is 12.2. The summed E-state index contributed by atoms with van der Waals surface area (Å²) < 4.78 is 13.4. The van der Waals surface area contributed by atoms with E-state index in [4.69, 9.17) is 5.73 Å². The number of carbonyl (C=O) groups is 1. The van der Waals surface area contributed by atoms with Crippen molar-refractivity contribution < 1.29 is 9.18 Å². The van der Waals surface area contributed by atoms with E-state index in [-0.39, 0.29) is 24.1 Å². The third-order valence-electron chi connectivity index (χ3n) is 2.83. The average molecular weight is 308 g/mol. The Hall–Kier alpha value is -1.51. The number of hydrogen-bond acceptors (Lipinski definition) is 3. The van der Waals surface area contributed by atoms with E-state index in [1.165, 1.54) is 18.2 Å². The van der Waals surface area contributed by atoms with Gasteiger partial charge in [0.25, 0.3) is 5.91 Å². The van der Waals surface area contributed by atoms with Gasteiger partial charge in [-0.3, -0.25) is 4.79 Å². The molecule has 0 aliphatic rings. The maximum atomic E-state index is 13.4. The maximum absolute atomic E-state index is 13.4. The standard InChI is InChI=1S/C16H21FN2OS/c1-3-21-10-8-12(2)19-16(20)15-11-14(17)7-6-13(15)5-4-9-18/h6-7,11-12H,3,8-10,18H2,1-2H3,(H,19,20). The van der Waals surface area contributed by atoms with Gasteiger partial charge in [0.2, 0.25) is 0 Å². The van der Waals surface area contributed by atoms with Gasteiger partial charge < -0.3 is 11.1 Å². The highest BCUT2D eigenvalue weighted by Gasteiger charge is 2.14. The molecule has 0 aliphatic carbocycles. The Balaban J connectivity index is 2.78. The van der Waals surface area contributed by atoms with Crippen LogP contribution in [-0.2, 0) is 0 Å². The van der Waals surface area contributed by atoms with E-state index in [1.807, 2.05) is 18.7 Å². The molecule has 0 spiro atoms. The van der Waals surface area contributed by atoms with E-state index >= 15 is 0 Å². The molecule has 3 N–H and O–H groups in total. The van der Waals surface area contributed by atoms with Crippen LogP contribution in [0.4, 0.5) is 4.39 Å². The zero-order chi connectivity index (χ0) is 15.7. The topological polar surface area (TPSA) is 55.1 Å². The van der Waals surface area contributed by atoms with Gasteiger partial charge in [-0.2, -0.15) is 11.8 Å². The SMILES string of the molecule is CCSCCC(C)NC(=O)c1cc(F)ccc1C#CCN. The maximum Gasteiger partial charge on any atom is 0.252 e. The summed E-state index contributed by atoms with van der Waals surface area (Å²) in [7, 11) is 0. The monoisotopic (exact) mass is 308 g/mol. The van der Waals surface area contributed by atoms with E-state index in [0.29, 0.717) is 5.56 Å². The van der Waals surface area contributed by atoms with Gasteiger partial charge in [-0.15, -0.1) is 0 Å². The lowest BCUT2D eigenvalue weighted by atomic mass is 10.1. The van der Waals surface area contributed by atoms with Gasteiger partial charge in [-0.05, 0) is 43.0 Å². The molecule has 0 bridgehead atoms. The Labute approximate surface area is 129 Å². The van der Waals surface area contributed by atoms with Crippen LogP contribution < -0.4 is 11.1 Å². The lowest BCUT2D eigenvalue weighted by molar-refractivity contribution is 0.0939. The number of nitrogens with two attached hydrogens (primary N) is 1. The van der Waals surface area contributed by atoms with Gasteiger partial charge in [0, 0.05) is 11.6 Å². The van der Waals surface area contributed by atoms with Crippen molar-refractivity contribution in [2.45, 2.75) is 26.3 Å². The van der Waals surface area contributed by atoms with Crippen molar-refractivity contribution in [2.75, 3.05) is 18.1 Å². The van der Waals surface area contributed by atoms with Crippen LogP contribution >= 0.6 is 11.8 Å². The Morgan fingerprint density at radius 1 is 1.52 bits per heavy atom. The van der Waals surface area contributed by atoms with E-state index in [9.17, 15) is 9.18 Å². The number of amides is 1. The van der Waals surface area contributed by atoms with Gasteiger partial charge in [-0.1, -0.05) is 18.8 Å². The quantitative estimate of drug-likeness (QED) is 0.627. The Morgan fingerprint density at radius 3 is 2.95 bits per heavy atom. The van der Waals surface area contributed by atoms with Crippen LogP contribution in [0.2, 0.25) is 0 Å². The smallest absolute Gasteiger partial charge is 0.252 e. The molecule has 3 nitrogen and oxygen atoms in total. The van der Waals surface area contributed by atoms with Crippen molar-refractivity contribution in [1.82, 2.24) is 5.32 Å². The summed E-state index contributed by atoms with van der Waals surface area (Å²) in [6.07, 6.45) is 0.878. The van der Waals surface area contributed by atoms with Gasteiger partial charge in [-0.25, -0.2) is 4.39 Å². The van der Waals surface area contributed by atoms with Crippen molar-refractivity contribution >= 4 is 17.7 Å². The minimum absolute atomic E-state index is 0.0372. The van der Waals surface area contributed by atoms with Crippen LogP contribution in [0, 0.1) is 17.7 Å². The fourth-order valence-electron chi connectivity index (χ4n) is 1.74. The Morgan fingerprint density at radius 2 is 2.29 bits per heavy atom. The third-order valence-corrected chi connectivity index (χ3v) is 3.76. The number of nitrogens with one attached hydrogen (secondary N) is 1. The van der Waals surface area contributed by atoms with Crippen LogP contribution in [0.5, 0.6) is 0 Å². The summed E-state index contributed by atoms with van der Waals surface area (Å²) in [5.74, 6) is 6.78. The summed E-state index contributed by atoms with van der Waals surface area (Å²) in [6.45, 7) is 4.24. The molecule has 0 saturated carbocycles. The Bertz CT molecular complexity index is 537. The van der Waals surface area contributed by atoms with Crippen LogP contribution in [-0.4, -0.2) is 30.0 Å². The molecule has 114 valence electrons. The number of thioether (sulfide) groups is 1. The minimum atomic E-state index is -0.451. The molecule has 0 aliphatic heterocycles. The number of benzene rings is 1. The number of rotatable bonds is 6. The lowest BCUT2D eigenvalue weighted by Crippen LogP contribution is -2.33. The summed E-state index contributed by atoms with van der Waals surface area (Å²) >= 11 is 1.83. The van der Waals surface area contributed by atoms with Crippen molar-refractivity contribution in [3.05, 3.63) is 35.1 Å². The van der Waals surface area contributed by atoms with Crippen LogP contribution in [0.3, 0.4) is 0 Å². The van der Waals surface area contributed by atoms with Gasteiger partial charge in [0.05, 0.1) is 12.1 Å². The van der Waals surface area contributed by atoms with Crippen molar-refractivity contribution in [3.63, 3.8) is 0 Å². The molecule has 0 heterocycles. The number of carbonyl (C=O) groups excluding carboxylic acids is 1. The normalized spacial score (nSPS) is 11.4. The highest BCUT2D eigenvalue weighted by atomic mass is 32.2. The molecule has 0 fully saturated rings. The van der Waals surface area contributed by atoms with Gasteiger partial charge in [0.1, 0.15) is 5.82 Å². The highest BCUT2D eigenvalue weighted by molar-refractivity contribution is 7.99. The van der Waals surface area contributed by atoms with Crippen LogP contribution in [0.25, 0.3) is 0 Å². The van der Waals surface area contributed by atoms with E-state index in [2.05, 4.69) is 24.1 Å². The first-order valence-electron chi connectivity index (χ1n) is 6.95. The van der Waals surface area contributed by atoms with Gasteiger partial charge >= 0.3 is 0 Å². The molecule has 1 unspecified atom stereocenters. The van der Waals surface area contributed by atoms with E-state index in [1.54, 1.807) is 0 Å². The van der Waals surface area contributed by atoms with Crippen molar-refractivity contribution in [3.8, 4) is 11.8 Å². The van der Waals surface area contributed by atoms with E-state index < -0.39 is 5.82 Å². The van der Waals surface area contributed by atoms with Crippen LogP contribution in [0.15, 0.2) is 18.2 Å². The first-order valence-corrected chi connectivity index (χ1v) is 8.11. The fraction of sp³-hybridized carbons (Fsp3) is 0.438. The highest BCUT2D eigenvalue weighted by Crippen LogP contribution is 2.11. The second-order valence-electron chi connectivity index (χ2n) is 4.56. The first-order chi connectivity index (χ1) is 10.1. The Kier molecular flexibility index (Phi) is 7.88. The molecule has 21 heavy (non-hydrogen) atoms. The second-order valence-corrected chi connectivity index (χ2v) is 5.95. The molecular weight excluding hydrogens is 287 g/mol. The van der Waals surface area contributed by atoms with Gasteiger partial charge in [0.15, 0.2) is 0 Å². The molecule has 0 aromatic heterocycles. The number of hydrogen-bond donors (Lipinski definition) is 2. The molecule has 1 rings (SSSR count). The minimum Gasteiger partial charge on any atom is -0.350 e. The summed E-state index contributed by atoms with van der Waals surface area (Å²) in [5.41, 5.74) is 6.08. The fourth-order valence-corrected chi connectivity index (χ4v) is 2.55. The van der Waals surface area contributed by atoms with Crippen LogP contribution in [0.1, 0.15) is 36.2 Å². The zero-order valence-electron chi connectivity index (χ0n) is 12.4. The first kappa shape index (κ1) is 17.5. The predicted molar refractivity (Wildman–Crippen MR) is 86.9 cm³/mol. The van der Waals surface area contributed by atoms with Crippen molar-refractivity contribution in [1.29, 1.82) is 0 Å². The zero-order valence-corrected chi connectivity index (χ0v) is 13.2. The molecular formula is C16H21FN2OS. The molecule has 0 saturated heterocycles. The molecule has 1 aromatic rings. The number of halogens is 1. The van der Waals surface area contributed by atoms with E-state index in [0.717, 1.165) is 17.9 Å². The predicted octanol–water partition coefficient (Wildman–Crippen LogP) is 2.40. The summed E-state index contributed by atoms with van der Waals surface area (Å²) in [5, 5.41) is 2.88. The third kappa shape index (κ3) is 6.19. The second kappa shape index (κ2) is 9.43. The molecule has 1 amide bonds. The molecule has 5 heteroatoms. The lowest BCUT2D eigenvalue weighted by Gasteiger charge is -2.14. The molecule has 1 atom stereocenters. The average Bonchev–Trinajstić information content (AvgIpc) is 2.46. The summed E-state index contributed by atoms with van der Waals surface area (Å²) in [6, 6.07) is 4.04. The molecule has 0 radical (unpaired) electrons.